The molecule has 24 heavy (non-hydrogen) atoms. The maximum absolute atomic E-state index is 6.26. The van der Waals surface area contributed by atoms with Crippen LogP contribution in [-0.4, -0.2) is 86.9 Å². The van der Waals surface area contributed by atoms with Gasteiger partial charge in [-0.2, -0.15) is 0 Å². The third-order valence-corrected chi connectivity index (χ3v) is 8.35. The minimum atomic E-state index is -2.17. The zero-order valence-corrected chi connectivity index (χ0v) is 18.2. The van der Waals surface area contributed by atoms with Gasteiger partial charge in [-0.3, -0.25) is 0 Å². The van der Waals surface area contributed by atoms with Crippen molar-refractivity contribution in [1.29, 1.82) is 0 Å². The van der Waals surface area contributed by atoms with Gasteiger partial charge in [0.15, 0.2) is 0 Å². The lowest BCUT2D eigenvalue weighted by atomic mass is 10.3. The molecule has 1 aliphatic heterocycles. The van der Waals surface area contributed by atoms with Gasteiger partial charge in [-0.25, -0.2) is 0 Å². The van der Waals surface area contributed by atoms with Crippen LogP contribution < -0.4 is 0 Å². The molecular weight excluding hydrogens is 342 g/mol. The molecule has 2 unspecified atom stereocenters. The molecule has 0 N–H and O–H groups in total. The molecule has 142 valence electrons. The van der Waals surface area contributed by atoms with Crippen LogP contribution in [0.1, 0.15) is 20.8 Å². The molecule has 0 saturated carbocycles. The van der Waals surface area contributed by atoms with Crippen molar-refractivity contribution in [2.45, 2.75) is 39.3 Å². The summed E-state index contributed by atoms with van der Waals surface area (Å²) in [5.41, 5.74) is 0. The van der Waals surface area contributed by atoms with Gasteiger partial charge in [0.1, 0.15) is 15.4 Å². The maximum Gasteiger partial charge on any atom is 0.349 e. The highest BCUT2D eigenvalue weighted by atomic mass is 28.4. The summed E-state index contributed by atoms with van der Waals surface area (Å²) >= 11 is 0. The average Bonchev–Trinajstić information content (AvgIpc) is 2.53. The highest BCUT2D eigenvalue weighted by molar-refractivity contribution is 6.66. The number of hydrogen-bond acceptors (Lipinski definition) is 6. The molecule has 0 amide bonds. The summed E-state index contributed by atoms with van der Waals surface area (Å²) < 4.78 is 29.3. The second-order valence-corrected chi connectivity index (χ2v) is 10.8. The number of rotatable bonds is 13. The Balaban J connectivity index is 2.57. The first kappa shape index (κ1) is 22.0. The van der Waals surface area contributed by atoms with Gasteiger partial charge in [0, 0.05) is 32.5 Å². The van der Waals surface area contributed by atoms with Crippen LogP contribution in [0.5, 0.6) is 0 Å². The zero-order chi connectivity index (χ0) is 17.8. The van der Waals surface area contributed by atoms with Crippen LogP contribution in [0.25, 0.3) is 0 Å². The van der Waals surface area contributed by atoms with Crippen molar-refractivity contribution >= 4 is 18.1 Å². The van der Waals surface area contributed by atoms with E-state index in [2.05, 4.69) is 18.0 Å². The molecule has 0 aromatic carbocycles. The average molecular weight is 378 g/mol. The van der Waals surface area contributed by atoms with Gasteiger partial charge in [0.2, 0.25) is 0 Å². The summed E-state index contributed by atoms with van der Waals surface area (Å²) in [4.78, 5) is 2.46. The van der Waals surface area contributed by atoms with Crippen LogP contribution in [0.3, 0.4) is 0 Å². The minimum Gasteiger partial charge on any atom is -0.394 e. The van der Waals surface area contributed by atoms with Gasteiger partial charge in [-0.05, 0) is 33.5 Å². The summed E-state index contributed by atoms with van der Waals surface area (Å²) in [6.45, 7) is 16.0. The fraction of sp³-hybridized carbons (Fsp3) is 0.875. The van der Waals surface area contributed by atoms with Gasteiger partial charge in [0.05, 0.1) is 19.3 Å². The Morgan fingerprint density at radius 1 is 1.29 bits per heavy atom. The maximum atomic E-state index is 6.26. The first-order valence-electron chi connectivity index (χ1n) is 9.02. The van der Waals surface area contributed by atoms with Crippen LogP contribution in [-0.2, 0) is 23.1 Å². The molecule has 0 aliphatic carbocycles. The Labute approximate surface area is 150 Å². The number of nitrogens with zero attached hydrogens (tertiary/aromatic N) is 1. The number of ether oxygens (including phenoxy) is 3. The van der Waals surface area contributed by atoms with Gasteiger partial charge in [-0.1, -0.05) is 6.08 Å². The Morgan fingerprint density at radius 2 is 2.00 bits per heavy atom. The van der Waals surface area contributed by atoms with Gasteiger partial charge in [0.25, 0.3) is 0 Å². The van der Waals surface area contributed by atoms with Crippen molar-refractivity contribution in [3.63, 3.8) is 0 Å². The van der Waals surface area contributed by atoms with Gasteiger partial charge < -0.3 is 28.0 Å². The highest BCUT2D eigenvalue weighted by Gasteiger charge is 2.41. The van der Waals surface area contributed by atoms with Crippen molar-refractivity contribution in [1.82, 2.24) is 4.90 Å². The van der Waals surface area contributed by atoms with Gasteiger partial charge >= 0.3 is 8.56 Å². The summed E-state index contributed by atoms with van der Waals surface area (Å²) in [6, 6.07) is 0. The molecule has 1 fully saturated rings. The standard InChI is InChI=1S/C16H35NO5Si2/c1-6-10-18-12-15-11-17(14-24(5,22-15)21-9-4)13-23-16(19-7-2)20-8-3/h6,15-16H,1,7-14,23H2,2-5H3. The molecule has 0 aromatic heterocycles. The molecule has 6 nitrogen and oxygen atoms in total. The second-order valence-electron chi connectivity index (χ2n) is 6.00. The molecule has 8 heteroatoms. The molecule has 0 radical (unpaired) electrons. The van der Waals surface area contributed by atoms with Gasteiger partial charge in [-0.15, -0.1) is 6.58 Å². The predicted molar refractivity (Wildman–Crippen MR) is 101 cm³/mol. The van der Waals surface area contributed by atoms with E-state index in [1.807, 2.05) is 20.8 Å². The van der Waals surface area contributed by atoms with E-state index in [1.165, 1.54) is 0 Å². The lowest BCUT2D eigenvalue weighted by Crippen LogP contribution is -2.61. The van der Waals surface area contributed by atoms with Crippen LogP contribution in [0.15, 0.2) is 12.7 Å². The first-order chi connectivity index (χ1) is 11.6. The van der Waals surface area contributed by atoms with E-state index in [4.69, 9.17) is 23.1 Å². The fourth-order valence-corrected chi connectivity index (χ4v) is 7.81. The second kappa shape index (κ2) is 12.3. The van der Waals surface area contributed by atoms with E-state index in [-0.39, 0.29) is 12.0 Å². The smallest absolute Gasteiger partial charge is 0.349 e. The first-order valence-corrected chi connectivity index (χ1v) is 13.4. The van der Waals surface area contributed by atoms with E-state index in [0.29, 0.717) is 33.0 Å². The SMILES string of the molecule is C=CCOCC1CN(C[SiH2]C(OCC)OCC)C[Si](C)(OCC)O1. The van der Waals surface area contributed by atoms with E-state index >= 15 is 0 Å². The summed E-state index contributed by atoms with van der Waals surface area (Å²) in [5.74, 6) is -0.00155. The van der Waals surface area contributed by atoms with E-state index in [0.717, 1.165) is 18.9 Å². The Morgan fingerprint density at radius 3 is 2.58 bits per heavy atom. The van der Waals surface area contributed by atoms with E-state index in [9.17, 15) is 0 Å². The largest absolute Gasteiger partial charge is 0.394 e. The normalized spacial score (nSPS) is 25.8. The summed E-state index contributed by atoms with van der Waals surface area (Å²) in [6.07, 6.45) is 3.77. The van der Waals surface area contributed by atoms with E-state index < -0.39 is 18.1 Å². The molecule has 2 atom stereocenters. The molecular formula is C16H35NO5Si2. The molecule has 0 spiro atoms. The Hall–Kier alpha value is -0.0662. The van der Waals surface area contributed by atoms with Crippen molar-refractivity contribution in [3.05, 3.63) is 12.7 Å². The minimum absolute atomic E-state index is 0.00155. The van der Waals surface area contributed by atoms with Crippen molar-refractivity contribution in [2.75, 3.05) is 51.9 Å². The van der Waals surface area contributed by atoms with Crippen molar-refractivity contribution in [3.8, 4) is 0 Å². The quantitative estimate of drug-likeness (QED) is 0.207. The predicted octanol–water partition coefficient (Wildman–Crippen LogP) is 1.02. The molecule has 1 aliphatic rings. The van der Waals surface area contributed by atoms with Crippen LogP contribution in [0.4, 0.5) is 0 Å². The third kappa shape index (κ3) is 8.35. The summed E-state index contributed by atoms with van der Waals surface area (Å²) in [7, 11) is -2.69. The van der Waals surface area contributed by atoms with Crippen LogP contribution in [0, 0.1) is 0 Å². The van der Waals surface area contributed by atoms with Crippen LogP contribution in [0.2, 0.25) is 6.55 Å². The molecule has 1 saturated heterocycles. The zero-order valence-electron chi connectivity index (χ0n) is 15.8. The molecule has 1 rings (SSSR count). The third-order valence-electron chi connectivity index (χ3n) is 3.76. The molecule has 0 bridgehead atoms. The number of hydrogen-bond donors (Lipinski definition) is 0. The lowest BCUT2D eigenvalue weighted by Gasteiger charge is -2.42. The van der Waals surface area contributed by atoms with Crippen molar-refractivity contribution in [2.24, 2.45) is 0 Å². The van der Waals surface area contributed by atoms with Crippen LogP contribution >= 0.6 is 0 Å². The highest BCUT2D eigenvalue weighted by Crippen LogP contribution is 2.19. The van der Waals surface area contributed by atoms with Crippen molar-refractivity contribution < 1.29 is 23.1 Å². The summed E-state index contributed by atoms with van der Waals surface area (Å²) in [5, 5.41) is 0. The topological polar surface area (TPSA) is 49.4 Å². The Kier molecular flexibility index (Phi) is 11.3. The van der Waals surface area contributed by atoms with E-state index in [1.54, 1.807) is 6.08 Å². The molecule has 0 aromatic rings. The monoisotopic (exact) mass is 377 g/mol. The Bertz CT molecular complexity index is 344. The lowest BCUT2D eigenvalue weighted by molar-refractivity contribution is -0.0838. The molecule has 1 heterocycles. The fourth-order valence-electron chi connectivity index (χ4n) is 2.99.